The number of halogens is 2. The van der Waals surface area contributed by atoms with Crippen molar-refractivity contribution in [1.82, 2.24) is 19.7 Å². The van der Waals surface area contributed by atoms with Crippen molar-refractivity contribution in [3.05, 3.63) is 65.6 Å². The first-order valence-electron chi connectivity index (χ1n) is 9.49. The molecule has 0 bridgehead atoms. The Morgan fingerprint density at radius 2 is 1.83 bits per heavy atom. The molecule has 2 aromatic heterocycles. The van der Waals surface area contributed by atoms with Gasteiger partial charge in [0.2, 0.25) is 5.95 Å². The molecule has 0 fully saturated rings. The molecule has 2 heterocycles. The molecule has 30 heavy (non-hydrogen) atoms. The third kappa shape index (κ3) is 3.86. The molecule has 2 N–H and O–H groups in total. The van der Waals surface area contributed by atoms with E-state index in [0.717, 1.165) is 0 Å². The summed E-state index contributed by atoms with van der Waals surface area (Å²) in [5, 5.41) is 18.6. The fraction of sp³-hybridized carbons (Fsp3) is 0.227. The minimum absolute atomic E-state index is 0.289. The zero-order chi connectivity index (χ0) is 21.5. The average molecular weight is 426 g/mol. The molecular weight excluding hydrogens is 405 g/mol. The largest absolute Gasteiger partial charge is 0.388 e. The van der Waals surface area contributed by atoms with Gasteiger partial charge in [0.25, 0.3) is 0 Å². The van der Waals surface area contributed by atoms with Gasteiger partial charge in [0, 0.05) is 5.56 Å². The van der Waals surface area contributed by atoms with Crippen LogP contribution in [-0.4, -0.2) is 36.5 Å². The highest BCUT2D eigenvalue weighted by molar-refractivity contribution is 6.32. The van der Waals surface area contributed by atoms with Gasteiger partial charge in [0.15, 0.2) is 0 Å². The minimum atomic E-state index is -0.958. The summed E-state index contributed by atoms with van der Waals surface area (Å²) < 4.78 is 15.1. The number of hydrogen-bond acceptors (Lipinski definition) is 5. The van der Waals surface area contributed by atoms with Crippen LogP contribution in [0.3, 0.4) is 0 Å². The second kappa shape index (κ2) is 7.66. The number of rotatable bonds is 5. The van der Waals surface area contributed by atoms with E-state index < -0.39 is 5.60 Å². The molecule has 0 aliphatic heterocycles. The van der Waals surface area contributed by atoms with Crippen molar-refractivity contribution < 1.29 is 9.50 Å². The number of para-hydroxylation sites is 1. The molecule has 1 unspecified atom stereocenters. The molecule has 4 rings (SSSR count). The standard InChI is InChI=1S/C22H21ClFN5O/c1-13(22(2,3)30)26-21-25-12-18-20(27-21)19(14-8-10-15(24)11-9-14)28-29(18)17-7-5-4-6-16(17)23/h4-13,30H,1-3H3,(H,25,26,27). The van der Waals surface area contributed by atoms with Gasteiger partial charge in [0.1, 0.15) is 22.5 Å². The highest BCUT2D eigenvalue weighted by Crippen LogP contribution is 2.31. The Kier molecular flexibility index (Phi) is 5.17. The topological polar surface area (TPSA) is 75.9 Å². The van der Waals surface area contributed by atoms with Gasteiger partial charge in [-0.25, -0.2) is 19.0 Å². The van der Waals surface area contributed by atoms with Crippen LogP contribution in [-0.2, 0) is 0 Å². The number of hydrogen-bond donors (Lipinski definition) is 2. The van der Waals surface area contributed by atoms with Crippen LogP contribution in [0.25, 0.3) is 28.0 Å². The van der Waals surface area contributed by atoms with E-state index in [1.807, 2.05) is 25.1 Å². The second-order valence-corrected chi connectivity index (χ2v) is 8.07. The normalized spacial score (nSPS) is 12.9. The first kappa shape index (κ1) is 20.3. The summed E-state index contributed by atoms with van der Waals surface area (Å²) in [5.74, 6) is 0.0313. The SMILES string of the molecule is CC(Nc1ncc2c(n1)c(-c1ccc(F)cc1)nn2-c1ccccc1Cl)C(C)(C)O. The van der Waals surface area contributed by atoms with Crippen molar-refractivity contribution in [3.63, 3.8) is 0 Å². The summed E-state index contributed by atoms with van der Waals surface area (Å²) in [6, 6.07) is 13.1. The van der Waals surface area contributed by atoms with E-state index in [2.05, 4.69) is 15.3 Å². The van der Waals surface area contributed by atoms with Crippen LogP contribution in [0.1, 0.15) is 20.8 Å². The van der Waals surface area contributed by atoms with E-state index in [4.69, 9.17) is 16.7 Å². The first-order chi connectivity index (χ1) is 14.2. The maximum Gasteiger partial charge on any atom is 0.223 e. The lowest BCUT2D eigenvalue weighted by Crippen LogP contribution is -2.39. The van der Waals surface area contributed by atoms with E-state index >= 15 is 0 Å². The smallest absolute Gasteiger partial charge is 0.223 e. The van der Waals surface area contributed by atoms with Crippen molar-refractivity contribution in [2.24, 2.45) is 0 Å². The zero-order valence-corrected chi connectivity index (χ0v) is 17.5. The number of benzene rings is 2. The Morgan fingerprint density at radius 1 is 1.13 bits per heavy atom. The lowest BCUT2D eigenvalue weighted by atomic mass is 10.0. The van der Waals surface area contributed by atoms with Crippen LogP contribution < -0.4 is 5.32 Å². The predicted molar refractivity (Wildman–Crippen MR) is 116 cm³/mol. The van der Waals surface area contributed by atoms with Crippen molar-refractivity contribution in [2.75, 3.05) is 5.32 Å². The van der Waals surface area contributed by atoms with E-state index in [0.29, 0.717) is 38.9 Å². The number of aromatic nitrogens is 4. The van der Waals surface area contributed by atoms with Gasteiger partial charge in [-0.3, -0.25) is 0 Å². The maximum atomic E-state index is 13.5. The number of aliphatic hydroxyl groups is 1. The molecule has 6 nitrogen and oxygen atoms in total. The Bertz CT molecular complexity index is 1200. The summed E-state index contributed by atoms with van der Waals surface area (Å²) in [6.45, 7) is 5.27. The number of nitrogens with one attached hydrogen (secondary N) is 1. The molecule has 4 aromatic rings. The molecule has 0 saturated carbocycles. The summed E-state index contributed by atoms with van der Waals surface area (Å²) in [4.78, 5) is 9.05. The summed E-state index contributed by atoms with van der Waals surface area (Å²) in [5.41, 5.74) is 2.26. The molecule has 1 atom stereocenters. The van der Waals surface area contributed by atoms with Gasteiger partial charge in [-0.05, 0) is 57.2 Å². The quantitative estimate of drug-likeness (QED) is 0.478. The molecule has 0 aliphatic carbocycles. The molecule has 2 aromatic carbocycles. The number of fused-ring (bicyclic) bond motifs is 1. The average Bonchev–Trinajstić information content (AvgIpc) is 3.07. The summed E-state index contributed by atoms with van der Waals surface area (Å²) in [6.07, 6.45) is 1.66. The summed E-state index contributed by atoms with van der Waals surface area (Å²) >= 11 is 6.39. The lowest BCUT2D eigenvalue weighted by molar-refractivity contribution is 0.0646. The minimum Gasteiger partial charge on any atom is -0.388 e. The lowest BCUT2D eigenvalue weighted by Gasteiger charge is -2.26. The highest BCUT2D eigenvalue weighted by Gasteiger charge is 2.24. The van der Waals surface area contributed by atoms with Crippen molar-refractivity contribution in [2.45, 2.75) is 32.4 Å². The third-order valence-electron chi connectivity index (χ3n) is 5.03. The molecule has 154 valence electrons. The fourth-order valence-electron chi connectivity index (χ4n) is 2.96. The Labute approximate surface area is 178 Å². The van der Waals surface area contributed by atoms with Gasteiger partial charge < -0.3 is 10.4 Å². The zero-order valence-electron chi connectivity index (χ0n) is 16.8. The Morgan fingerprint density at radius 3 is 2.50 bits per heavy atom. The van der Waals surface area contributed by atoms with E-state index in [-0.39, 0.29) is 11.9 Å². The van der Waals surface area contributed by atoms with Crippen LogP contribution in [0.15, 0.2) is 54.7 Å². The van der Waals surface area contributed by atoms with E-state index in [1.54, 1.807) is 42.9 Å². The number of anilines is 1. The van der Waals surface area contributed by atoms with Crippen LogP contribution in [0.4, 0.5) is 10.3 Å². The molecule has 0 saturated heterocycles. The van der Waals surface area contributed by atoms with Crippen molar-refractivity contribution >= 4 is 28.6 Å². The molecule has 0 aliphatic rings. The predicted octanol–water partition coefficient (Wildman–Crippen LogP) is 4.85. The third-order valence-corrected chi connectivity index (χ3v) is 5.35. The van der Waals surface area contributed by atoms with Crippen molar-refractivity contribution in [1.29, 1.82) is 0 Å². The van der Waals surface area contributed by atoms with Crippen LogP contribution >= 0.6 is 11.6 Å². The molecule has 0 amide bonds. The van der Waals surface area contributed by atoms with Gasteiger partial charge >= 0.3 is 0 Å². The molecular formula is C22H21ClFN5O. The highest BCUT2D eigenvalue weighted by atomic mass is 35.5. The van der Waals surface area contributed by atoms with Crippen LogP contribution in [0.5, 0.6) is 0 Å². The number of nitrogens with zero attached hydrogens (tertiary/aromatic N) is 4. The first-order valence-corrected chi connectivity index (χ1v) is 9.87. The van der Waals surface area contributed by atoms with Crippen molar-refractivity contribution in [3.8, 4) is 16.9 Å². The van der Waals surface area contributed by atoms with E-state index in [9.17, 15) is 9.50 Å². The molecule has 0 radical (unpaired) electrons. The van der Waals surface area contributed by atoms with Gasteiger partial charge in [-0.1, -0.05) is 23.7 Å². The molecule has 0 spiro atoms. The van der Waals surface area contributed by atoms with Crippen LogP contribution in [0.2, 0.25) is 5.02 Å². The fourth-order valence-corrected chi connectivity index (χ4v) is 3.17. The molecule has 8 heteroatoms. The summed E-state index contributed by atoms with van der Waals surface area (Å²) in [7, 11) is 0. The van der Waals surface area contributed by atoms with Crippen LogP contribution in [0, 0.1) is 5.82 Å². The maximum absolute atomic E-state index is 13.5. The second-order valence-electron chi connectivity index (χ2n) is 7.67. The van der Waals surface area contributed by atoms with E-state index in [1.165, 1.54) is 12.1 Å². The Balaban J connectivity index is 1.90. The van der Waals surface area contributed by atoms with Gasteiger partial charge in [0.05, 0.1) is 28.5 Å². The monoisotopic (exact) mass is 425 g/mol. The van der Waals surface area contributed by atoms with Gasteiger partial charge in [-0.15, -0.1) is 0 Å². The van der Waals surface area contributed by atoms with Gasteiger partial charge in [-0.2, -0.15) is 5.10 Å². The Hall–Kier alpha value is -3.03.